The smallest absolute Gasteiger partial charge is 0.108 e. The summed E-state index contributed by atoms with van der Waals surface area (Å²) in [5.74, 6) is 4.97. The molecule has 13 heavy (non-hydrogen) atoms. The van der Waals surface area contributed by atoms with Crippen LogP contribution in [0.15, 0.2) is 24.3 Å². The van der Waals surface area contributed by atoms with Crippen LogP contribution in [0.1, 0.15) is 5.69 Å². The van der Waals surface area contributed by atoms with Gasteiger partial charge in [-0.2, -0.15) is 0 Å². The van der Waals surface area contributed by atoms with Crippen molar-refractivity contribution in [1.82, 2.24) is 4.98 Å². The second kappa shape index (κ2) is 3.38. The highest BCUT2D eigenvalue weighted by Gasteiger charge is 2.00. The van der Waals surface area contributed by atoms with Crippen LogP contribution in [0.25, 0.3) is 10.9 Å². The van der Waals surface area contributed by atoms with E-state index in [1.54, 1.807) is 0 Å². The van der Waals surface area contributed by atoms with Crippen LogP contribution in [0.3, 0.4) is 0 Å². The molecule has 1 heterocycles. The molecule has 2 aromatic rings. The Kier molecular flexibility index (Phi) is 2.22. The number of nitrogens with one attached hydrogen (secondary N) is 1. The molecule has 0 fully saturated rings. The van der Waals surface area contributed by atoms with Crippen molar-refractivity contribution in [2.75, 3.05) is 0 Å². The number of hydrogen-bond acceptors (Lipinski definition) is 2. The molecule has 0 saturated carbocycles. The predicted molar refractivity (Wildman–Crippen MR) is 52.3 cm³/mol. The van der Waals surface area contributed by atoms with Gasteiger partial charge < -0.3 is 4.98 Å². The number of H-pyrrole nitrogens is 1. The number of nitrogens with two attached hydrogens (primary N) is 1. The number of fused-ring (bicyclic) bond motifs is 1. The fourth-order valence-corrected chi connectivity index (χ4v) is 1.51. The Morgan fingerprint density at radius 2 is 2.23 bits per heavy atom. The lowest BCUT2D eigenvalue weighted by molar-refractivity contribution is 0.122. The van der Waals surface area contributed by atoms with Crippen LogP contribution in [0.2, 0.25) is 5.02 Å². The summed E-state index contributed by atoms with van der Waals surface area (Å²) in [4.78, 5) is 7.68. The zero-order valence-corrected chi connectivity index (χ0v) is 7.64. The van der Waals surface area contributed by atoms with E-state index in [0.717, 1.165) is 21.6 Å². The maximum Gasteiger partial charge on any atom is 0.108 e. The Balaban J connectivity index is 2.49. The van der Waals surface area contributed by atoms with Crippen LogP contribution in [0, 0.1) is 0 Å². The lowest BCUT2D eigenvalue weighted by Crippen LogP contribution is -1.98. The van der Waals surface area contributed by atoms with Crippen LogP contribution in [0.5, 0.6) is 0 Å². The molecular formula is C9H9ClN2O. The van der Waals surface area contributed by atoms with Gasteiger partial charge in [-0.1, -0.05) is 11.6 Å². The Labute approximate surface area is 80.4 Å². The zero-order valence-electron chi connectivity index (χ0n) is 6.88. The van der Waals surface area contributed by atoms with Gasteiger partial charge >= 0.3 is 0 Å². The van der Waals surface area contributed by atoms with Gasteiger partial charge in [-0.05, 0) is 24.3 Å². The standard InChI is InChI=1S/C9H9ClN2O/c10-7-1-2-9-6(3-7)4-8(12-9)5-13-11/h1-4,12H,5,11H2. The molecule has 0 aliphatic rings. The summed E-state index contributed by atoms with van der Waals surface area (Å²) in [5.41, 5.74) is 1.98. The summed E-state index contributed by atoms with van der Waals surface area (Å²) < 4.78 is 0. The molecule has 0 bridgehead atoms. The summed E-state index contributed by atoms with van der Waals surface area (Å²) >= 11 is 5.84. The van der Waals surface area contributed by atoms with Gasteiger partial charge in [0.15, 0.2) is 0 Å². The van der Waals surface area contributed by atoms with E-state index in [1.165, 1.54) is 0 Å². The molecule has 0 spiro atoms. The van der Waals surface area contributed by atoms with Gasteiger partial charge in [0.25, 0.3) is 0 Å². The number of hydrogen-bond donors (Lipinski definition) is 2. The van der Waals surface area contributed by atoms with E-state index < -0.39 is 0 Å². The molecule has 0 saturated heterocycles. The van der Waals surface area contributed by atoms with Gasteiger partial charge in [-0.25, -0.2) is 5.90 Å². The molecule has 3 nitrogen and oxygen atoms in total. The first-order chi connectivity index (χ1) is 6.29. The van der Waals surface area contributed by atoms with Gasteiger partial charge in [0.2, 0.25) is 0 Å². The third-order valence-corrected chi connectivity index (χ3v) is 2.11. The molecule has 2 rings (SSSR count). The molecule has 68 valence electrons. The van der Waals surface area contributed by atoms with E-state index in [0.29, 0.717) is 6.61 Å². The van der Waals surface area contributed by atoms with Crippen molar-refractivity contribution in [3.8, 4) is 0 Å². The molecule has 4 heteroatoms. The Bertz CT molecular complexity index is 424. The maximum atomic E-state index is 5.84. The van der Waals surface area contributed by atoms with Crippen molar-refractivity contribution < 1.29 is 4.84 Å². The summed E-state index contributed by atoms with van der Waals surface area (Å²) in [6, 6.07) is 7.63. The second-order valence-corrected chi connectivity index (χ2v) is 3.27. The minimum absolute atomic E-state index is 0.381. The van der Waals surface area contributed by atoms with Gasteiger partial charge in [0.1, 0.15) is 6.61 Å². The van der Waals surface area contributed by atoms with Crippen LogP contribution in [0.4, 0.5) is 0 Å². The number of aromatic nitrogens is 1. The minimum atomic E-state index is 0.381. The van der Waals surface area contributed by atoms with E-state index >= 15 is 0 Å². The molecule has 0 aliphatic heterocycles. The largest absolute Gasteiger partial charge is 0.356 e. The first-order valence-corrected chi connectivity index (χ1v) is 4.26. The van der Waals surface area contributed by atoms with Crippen LogP contribution >= 0.6 is 11.6 Å². The number of aromatic amines is 1. The summed E-state index contributed by atoms with van der Waals surface area (Å²) in [6.07, 6.45) is 0. The maximum absolute atomic E-state index is 5.84. The summed E-state index contributed by atoms with van der Waals surface area (Å²) in [7, 11) is 0. The van der Waals surface area contributed by atoms with E-state index in [4.69, 9.17) is 17.5 Å². The molecule has 0 amide bonds. The van der Waals surface area contributed by atoms with Crippen molar-refractivity contribution in [2.45, 2.75) is 6.61 Å². The van der Waals surface area contributed by atoms with Crippen molar-refractivity contribution >= 4 is 22.5 Å². The van der Waals surface area contributed by atoms with E-state index in [9.17, 15) is 0 Å². The average molecular weight is 197 g/mol. The Morgan fingerprint density at radius 1 is 1.38 bits per heavy atom. The van der Waals surface area contributed by atoms with Crippen LogP contribution < -0.4 is 5.90 Å². The third-order valence-electron chi connectivity index (χ3n) is 1.88. The summed E-state index contributed by atoms with van der Waals surface area (Å²) in [6.45, 7) is 0.381. The SMILES string of the molecule is NOCc1cc2cc(Cl)ccc2[nH]1. The molecule has 0 atom stereocenters. The first-order valence-electron chi connectivity index (χ1n) is 3.88. The number of halogens is 1. The van der Waals surface area contributed by atoms with Gasteiger partial charge in [0, 0.05) is 21.6 Å². The van der Waals surface area contributed by atoms with Crippen molar-refractivity contribution in [3.05, 3.63) is 35.0 Å². The van der Waals surface area contributed by atoms with Crippen LogP contribution in [-0.4, -0.2) is 4.98 Å². The lowest BCUT2D eigenvalue weighted by Gasteiger charge is -1.90. The van der Waals surface area contributed by atoms with E-state index in [-0.39, 0.29) is 0 Å². The average Bonchev–Trinajstić information content (AvgIpc) is 2.46. The molecule has 0 unspecified atom stereocenters. The summed E-state index contributed by atoms with van der Waals surface area (Å²) in [5, 5.41) is 1.80. The Morgan fingerprint density at radius 3 is 3.00 bits per heavy atom. The fraction of sp³-hybridized carbons (Fsp3) is 0.111. The van der Waals surface area contributed by atoms with Crippen LogP contribution in [-0.2, 0) is 11.4 Å². The topological polar surface area (TPSA) is 51.0 Å². The monoisotopic (exact) mass is 196 g/mol. The fourth-order valence-electron chi connectivity index (χ4n) is 1.33. The number of benzene rings is 1. The molecule has 1 aromatic carbocycles. The third kappa shape index (κ3) is 1.67. The Hall–Kier alpha value is -1.03. The number of rotatable bonds is 2. The highest BCUT2D eigenvalue weighted by molar-refractivity contribution is 6.31. The highest BCUT2D eigenvalue weighted by Crippen LogP contribution is 2.20. The van der Waals surface area contributed by atoms with Gasteiger partial charge in [-0.15, -0.1) is 0 Å². The second-order valence-electron chi connectivity index (χ2n) is 2.84. The molecule has 0 radical (unpaired) electrons. The molecule has 0 aliphatic carbocycles. The molecule has 1 aromatic heterocycles. The van der Waals surface area contributed by atoms with Crippen molar-refractivity contribution in [2.24, 2.45) is 5.90 Å². The zero-order chi connectivity index (χ0) is 9.26. The lowest BCUT2D eigenvalue weighted by atomic mass is 10.2. The first kappa shape index (κ1) is 8.56. The molecule has 3 N–H and O–H groups in total. The van der Waals surface area contributed by atoms with E-state index in [1.807, 2.05) is 24.3 Å². The van der Waals surface area contributed by atoms with Crippen molar-refractivity contribution in [1.29, 1.82) is 0 Å². The van der Waals surface area contributed by atoms with Crippen molar-refractivity contribution in [3.63, 3.8) is 0 Å². The normalized spacial score (nSPS) is 10.9. The minimum Gasteiger partial charge on any atom is -0.356 e. The predicted octanol–water partition coefficient (Wildman–Crippen LogP) is 2.21. The molecular weight excluding hydrogens is 188 g/mol. The van der Waals surface area contributed by atoms with Gasteiger partial charge in [0.05, 0.1) is 0 Å². The highest BCUT2D eigenvalue weighted by atomic mass is 35.5. The quantitative estimate of drug-likeness (QED) is 0.724. The van der Waals surface area contributed by atoms with E-state index in [2.05, 4.69) is 9.82 Å². The van der Waals surface area contributed by atoms with Gasteiger partial charge in [-0.3, -0.25) is 4.84 Å².